The molecule has 0 aliphatic carbocycles. The molecule has 1 amide bonds. The zero-order valence-electron chi connectivity index (χ0n) is 15.1. The molecule has 1 atom stereocenters. The van der Waals surface area contributed by atoms with E-state index in [0.29, 0.717) is 13.0 Å². The monoisotopic (exact) mass is 428 g/mol. The first kappa shape index (κ1) is 22.0. The van der Waals surface area contributed by atoms with Crippen molar-refractivity contribution in [2.75, 3.05) is 32.7 Å². The highest BCUT2D eigenvalue weighted by Crippen LogP contribution is 2.27. The maximum Gasteiger partial charge on any atom is 0.262 e. The number of sulfonamides is 1. The summed E-state index contributed by atoms with van der Waals surface area (Å²) < 4.78 is 58.6. The molecule has 1 unspecified atom stereocenters. The van der Waals surface area contributed by atoms with Crippen LogP contribution in [0.15, 0.2) is 9.42 Å². The fourth-order valence-electron chi connectivity index (χ4n) is 3.44. The zero-order valence-corrected chi connectivity index (χ0v) is 16.7. The van der Waals surface area contributed by atoms with Crippen LogP contribution in [0.2, 0.25) is 0 Å². The van der Waals surface area contributed by atoms with Gasteiger partial charge in [-0.25, -0.2) is 17.2 Å². The van der Waals surface area contributed by atoms with Crippen molar-refractivity contribution in [3.63, 3.8) is 0 Å². The molecule has 0 aromatic carbocycles. The maximum absolute atomic E-state index is 13.3. The van der Waals surface area contributed by atoms with Gasteiger partial charge in [0.1, 0.15) is 10.6 Å². The van der Waals surface area contributed by atoms with Crippen LogP contribution in [-0.2, 0) is 14.8 Å². The molecular weight excluding hydrogens is 406 g/mol. The van der Waals surface area contributed by atoms with Crippen LogP contribution in [0.25, 0.3) is 0 Å². The molecule has 0 spiro atoms. The van der Waals surface area contributed by atoms with Gasteiger partial charge in [0.15, 0.2) is 5.76 Å². The van der Waals surface area contributed by atoms with Gasteiger partial charge in [-0.1, -0.05) is 5.16 Å². The van der Waals surface area contributed by atoms with Crippen molar-refractivity contribution in [3.8, 4) is 0 Å². The summed E-state index contributed by atoms with van der Waals surface area (Å²) in [7, 11) is -3.79. The van der Waals surface area contributed by atoms with E-state index in [2.05, 4.69) is 10.5 Å². The minimum Gasteiger partial charge on any atom is -0.360 e. The number of hydrogen-bond acceptors (Lipinski definition) is 6. The average molecular weight is 429 g/mol. The highest BCUT2D eigenvalue weighted by atomic mass is 35.5. The second kappa shape index (κ2) is 7.98. The van der Waals surface area contributed by atoms with E-state index in [1.54, 1.807) is 6.92 Å². The number of amides is 1. The zero-order chi connectivity index (χ0) is 19.1. The van der Waals surface area contributed by atoms with Gasteiger partial charge in [-0.15, -0.1) is 12.4 Å². The number of halogens is 3. The van der Waals surface area contributed by atoms with Crippen molar-refractivity contribution in [2.45, 2.75) is 43.5 Å². The summed E-state index contributed by atoms with van der Waals surface area (Å²) in [6.07, 6.45) is -0.0963. The lowest BCUT2D eigenvalue weighted by atomic mass is 10.1. The van der Waals surface area contributed by atoms with Gasteiger partial charge in [-0.3, -0.25) is 10.1 Å². The van der Waals surface area contributed by atoms with Gasteiger partial charge in [-0.2, -0.15) is 4.31 Å². The summed E-state index contributed by atoms with van der Waals surface area (Å²) >= 11 is 0. The molecule has 8 nitrogen and oxygen atoms in total. The standard InChI is InChI=1S/C15H22F2N4O4S.ClH/c1-10-13(11(2)25-19-10)26(23,24)21-5-3-4-20(6-7-21)14(22)12-8-15(16,17)9-18-12;/h12,18H,3-9H2,1-2H3;1H. The smallest absolute Gasteiger partial charge is 0.262 e. The van der Waals surface area contributed by atoms with E-state index >= 15 is 0 Å². The van der Waals surface area contributed by atoms with Crippen molar-refractivity contribution in [1.29, 1.82) is 0 Å². The van der Waals surface area contributed by atoms with Crippen LogP contribution in [0.1, 0.15) is 24.3 Å². The van der Waals surface area contributed by atoms with Crippen LogP contribution in [-0.4, -0.2) is 73.4 Å². The summed E-state index contributed by atoms with van der Waals surface area (Å²) in [6, 6.07) is -0.921. The minimum atomic E-state index is -3.79. The molecule has 1 aromatic heterocycles. The van der Waals surface area contributed by atoms with Crippen LogP contribution in [0, 0.1) is 13.8 Å². The fourth-order valence-corrected chi connectivity index (χ4v) is 5.20. The number of hydrogen-bond donors (Lipinski definition) is 1. The molecule has 1 N–H and O–H groups in total. The first-order valence-corrected chi connectivity index (χ1v) is 9.89. The van der Waals surface area contributed by atoms with Crippen LogP contribution < -0.4 is 5.32 Å². The Morgan fingerprint density at radius 3 is 2.52 bits per heavy atom. The van der Waals surface area contributed by atoms with Gasteiger partial charge < -0.3 is 9.42 Å². The van der Waals surface area contributed by atoms with Gasteiger partial charge in [0, 0.05) is 32.6 Å². The Balaban J connectivity index is 0.00000261. The largest absolute Gasteiger partial charge is 0.360 e. The van der Waals surface area contributed by atoms with Crippen LogP contribution in [0.3, 0.4) is 0 Å². The molecule has 2 saturated heterocycles. The van der Waals surface area contributed by atoms with Crippen LogP contribution >= 0.6 is 12.4 Å². The van der Waals surface area contributed by atoms with Crippen molar-refractivity contribution < 1.29 is 26.5 Å². The molecular formula is C15H23ClF2N4O4S. The first-order chi connectivity index (χ1) is 12.1. The van der Waals surface area contributed by atoms with E-state index in [4.69, 9.17) is 4.52 Å². The van der Waals surface area contributed by atoms with E-state index in [0.717, 1.165) is 0 Å². The van der Waals surface area contributed by atoms with Gasteiger partial charge in [0.2, 0.25) is 15.9 Å². The number of aromatic nitrogens is 1. The second-order valence-electron chi connectivity index (χ2n) is 6.73. The summed E-state index contributed by atoms with van der Waals surface area (Å²) in [5.74, 6) is -3.07. The fraction of sp³-hybridized carbons (Fsp3) is 0.733. The third kappa shape index (κ3) is 4.41. The van der Waals surface area contributed by atoms with E-state index < -0.39 is 40.9 Å². The van der Waals surface area contributed by atoms with E-state index in [-0.39, 0.29) is 48.4 Å². The molecule has 2 aliphatic rings. The second-order valence-corrected chi connectivity index (χ2v) is 8.60. The van der Waals surface area contributed by atoms with Crippen molar-refractivity contribution in [3.05, 3.63) is 11.5 Å². The molecule has 2 aliphatic heterocycles. The quantitative estimate of drug-likeness (QED) is 0.769. The Hall–Kier alpha value is -1.30. The highest BCUT2D eigenvalue weighted by molar-refractivity contribution is 7.89. The lowest BCUT2D eigenvalue weighted by molar-refractivity contribution is -0.133. The SMILES string of the molecule is Cc1noc(C)c1S(=O)(=O)N1CCCN(C(=O)C2CC(F)(F)CN2)CC1.Cl. The highest BCUT2D eigenvalue weighted by Gasteiger charge is 2.44. The van der Waals surface area contributed by atoms with Crippen molar-refractivity contribution in [1.82, 2.24) is 19.7 Å². The first-order valence-electron chi connectivity index (χ1n) is 8.45. The molecule has 0 radical (unpaired) electrons. The summed E-state index contributed by atoms with van der Waals surface area (Å²) in [4.78, 5) is 14.0. The third-order valence-corrected chi connectivity index (χ3v) is 6.88. The van der Waals surface area contributed by atoms with Gasteiger partial charge in [-0.05, 0) is 20.3 Å². The number of carbonyl (C=O) groups is 1. The van der Waals surface area contributed by atoms with Crippen molar-refractivity contribution >= 4 is 28.3 Å². The predicted octanol–water partition coefficient (Wildman–Crippen LogP) is 0.933. The Kier molecular flexibility index (Phi) is 6.50. The van der Waals surface area contributed by atoms with Crippen LogP contribution in [0.5, 0.6) is 0 Å². The number of aryl methyl sites for hydroxylation is 2. The number of alkyl halides is 2. The number of rotatable bonds is 3. The molecule has 1 aromatic rings. The molecule has 154 valence electrons. The van der Waals surface area contributed by atoms with E-state index in [9.17, 15) is 22.0 Å². The number of nitrogens with zero attached hydrogens (tertiary/aromatic N) is 3. The molecule has 12 heteroatoms. The topological polar surface area (TPSA) is 95.8 Å². The average Bonchev–Trinajstić information content (AvgIpc) is 2.97. The number of nitrogens with one attached hydrogen (secondary N) is 1. The molecule has 3 heterocycles. The molecule has 3 rings (SSSR count). The maximum atomic E-state index is 13.3. The summed E-state index contributed by atoms with van der Waals surface area (Å²) in [6.45, 7) is 3.41. The van der Waals surface area contributed by atoms with Gasteiger partial charge in [0.05, 0.1) is 12.6 Å². The normalized spacial score (nSPS) is 23.7. The Morgan fingerprint density at radius 2 is 1.96 bits per heavy atom. The molecule has 0 bridgehead atoms. The lowest BCUT2D eigenvalue weighted by Crippen LogP contribution is -2.45. The Labute approximate surface area is 162 Å². The summed E-state index contributed by atoms with van der Waals surface area (Å²) in [5.41, 5.74) is 0.289. The van der Waals surface area contributed by atoms with Crippen LogP contribution in [0.4, 0.5) is 8.78 Å². The van der Waals surface area contributed by atoms with Crippen molar-refractivity contribution in [2.24, 2.45) is 0 Å². The van der Waals surface area contributed by atoms with E-state index in [1.165, 1.54) is 16.1 Å². The minimum absolute atomic E-state index is 0. The predicted molar refractivity (Wildman–Crippen MR) is 94.5 cm³/mol. The third-order valence-electron chi connectivity index (χ3n) is 4.74. The van der Waals surface area contributed by atoms with Gasteiger partial charge in [0.25, 0.3) is 5.92 Å². The number of carbonyl (C=O) groups excluding carboxylic acids is 1. The molecule has 2 fully saturated rings. The molecule has 27 heavy (non-hydrogen) atoms. The van der Waals surface area contributed by atoms with E-state index in [1.807, 2.05) is 0 Å². The summed E-state index contributed by atoms with van der Waals surface area (Å²) in [5, 5.41) is 6.23. The molecule has 0 saturated carbocycles. The Morgan fingerprint density at radius 1 is 1.26 bits per heavy atom. The van der Waals surface area contributed by atoms with Gasteiger partial charge >= 0.3 is 0 Å². The Bertz CT molecular complexity index is 782. The lowest BCUT2D eigenvalue weighted by Gasteiger charge is -2.24.